The molecular weight excluding hydrogens is 194 g/mol. The lowest BCUT2D eigenvalue weighted by Gasteiger charge is -2.15. The maximum atomic E-state index is 8.69. The monoisotopic (exact) mass is 213 g/mol. The van der Waals surface area contributed by atoms with E-state index in [0.717, 1.165) is 25.9 Å². The van der Waals surface area contributed by atoms with Crippen molar-refractivity contribution in [3.63, 3.8) is 0 Å². The third kappa shape index (κ3) is 3.78. The Morgan fingerprint density at radius 3 is 2.79 bits per heavy atom. The number of nitrogens with zero attached hydrogens (tertiary/aromatic N) is 1. The number of aliphatic hydroxyl groups excluding tert-OH is 1. The lowest BCUT2D eigenvalue weighted by atomic mass is 10.2. The zero-order valence-corrected chi connectivity index (χ0v) is 9.81. The Kier molecular flexibility index (Phi) is 5.15. The summed E-state index contributed by atoms with van der Waals surface area (Å²) in [5.74, 6) is 0. The van der Waals surface area contributed by atoms with E-state index in [1.165, 1.54) is 10.4 Å². The Hall–Kier alpha value is -0.380. The zero-order chi connectivity index (χ0) is 10.4. The van der Waals surface area contributed by atoms with Crippen LogP contribution in [0.3, 0.4) is 0 Å². The van der Waals surface area contributed by atoms with E-state index in [1.807, 2.05) is 11.3 Å². The predicted molar refractivity (Wildman–Crippen MR) is 62.0 cm³/mol. The fourth-order valence-corrected chi connectivity index (χ4v) is 2.30. The van der Waals surface area contributed by atoms with E-state index in [0.29, 0.717) is 6.61 Å². The molecule has 0 bridgehead atoms. The molecule has 0 fully saturated rings. The molecule has 0 amide bonds. The average molecular weight is 213 g/mol. The van der Waals surface area contributed by atoms with Crippen LogP contribution in [0.1, 0.15) is 16.9 Å². The fourth-order valence-electron chi connectivity index (χ4n) is 1.41. The van der Waals surface area contributed by atoms with Gasteiger partial charge in [0.1, 0.15) is 0 Å². The molecule has 0 atom stereocenters. The van der Waals surface area contributed by atoms with Crippen molar-refractivity contribution in [3.05, 3.63) is 21.9 Å². The molecule has 1 rings (SSSR count). The first-order valence-electron chi connectivity index (χ1n) is 5.06. The fraction of sp³-hybridized carbons (Fsp3) is 0.636. The average Bonchev–Trinajstić information content (AvgIpc) is 2.58. The van der Waals surface area contributed by atoms with Gasteiger partial charge < -0.3 is 10.0 Å². The van der Waals surface area contributed by atoms with Crippen LogP contribution < -0.4 is 0 Å². The highest BCUT2D eigenvalue weighted by atomic mass is 32.1. The van der Waals surface area contributed by atoms with Gasteiger partial charge in [0.05, 0.1) is 0 Å². The first kappa shape index (κ1) is 11.7. The standard InChI is InChI=1S/C11H19NOS/c1-10-5-9-14-11(10)4-7-12(2)6-3-8-13/h5,9,13H,3-4,6-8H2,1-2H3. The first-order valence-corrected chi connectivity index (χ1v) is 5.94. The van der Waals surface area contributed by atoms with Gasteiger partial charge in [0.15, 0.2) is 0 Å². The highest BCUT2D eigenvalue weighted by molar-refractivity contribution is 7.10. The SMILES string of the molecule is Cc1ccsc1CCN(C)CCCO. The molecule has 0 unspecified atom stereocenters. The number of hydrogen-bond acceptors (Lipinski definition) is 3. The molecule has 0 saturated carbocycles. The summed E-state index contributed by atoms with van der Waals surface area (Å²) in [6, 6.07) is 2.17. The molecule has 1 aromatic heterocycles. The van der Waals surface area contributed by atoms with Crippen molar-refractivity contribution in [3.8, 4) is 0 Å². The van der Waals surface area contributed by atoms with Crippen molar-refractivity contribution in [2.75, 3.05) is 26.7 Å². The van der Waals surface area contributed by atoms with Crippen LogP contribution >= 0.6 is 11.3 Å². The van der Waals surface area contributed by atoms with Gasteiger partial charge in [0, 0.05) is 24.6 Å². The quantitative estimate of drug-likeness (QED) is 0.780. The van der Waals surface area contributed by atoms with Gasteiger partial charge in [-0.05, 0) is 43.8 Å². The smallest absolute Gasteiger partial charge is 0.0443 e. The zero-order valence-electron chi connectivity index (χ0n) is 8.99. The summed E-state index contributed by atoms with van der Waals surface area (Å²) >= 11 is 1.84. The number of hydrogen-bond donors (Lipinski definition) is 1. The van der Waals surface area contributed by atoms with E-state index in [-0.39, 0.29) is 0 Å². The van der Waals surface area contributed by atoms with E-state index in [1.54, 1.807) is 0 Å². The second-order valence-electron chi connectivity index (χ2n) is 3.66. The highest BCUT2D eigenvalue weighted by Crippen LogP contribution is 2.16. The predicted octanol–water partition coefficient (Wildman–Crippen LogP) is 1.91. The van der Waals surface area contributed by atoms with Gasteiger partial charge in [0.2, 0.25) is 0 Å². The minimum atomic E-state index is 0.294. The Morgan fingerprint density at radius 1 is 1.43 bits per heavy atom. The lowest BCUT2D eigenvalue weighted by molar-refractivity contribution is 0.249. The summed E-state index contributed by atoms with van der Waals surface area (Å²) in [7, 11) is 2.11. The van der Waals surface area contributed by atoms with E-state index in [2.05, 4.69) is 30.3 Å². The van der Waals surface area contributed by atoms with E-state index >= 15 is 0 Å². The van der Waals surface area contributed by atoms with Gasteiger partial charge in [-0.15, -0.1) is 11.3 Å². The minimum absolute atomic E-state index is 0.294. The second-order valence-corrected chi connectivity index (χ2v) is 4.66. The van der Waals surface area contributed by atoms with Gasteiger partial charge >= 0.3 is 0 Å². The minimum Gasteiger partial charge on any atom is -0.396 e. The van der Waals surface area contributed by atoms with Crippen molar-refractivity contribution >= 4 is 11.3 Å². The molecule has 0 aliphatic rings. The molecule has 0 aliphatic carbocycles. The van der Waals surface area contributed by atoms with Crippen LogP contribution in [0, 0.1) is 6.92 Å². The number of rotatable bonds is 6. The third-order valence-corrected chi connectivity index (χ3v) is 3.47. The Labute approximate surface area is 90.2 Å². The number of aliphatic hydroxyl groups is 1. The van der Waals surface area contributed by atoms with Crippen LogP contribution in [0.25, 0.3) is 0 Å². The molecule has 80 valence electrons. The van der Waals surface area contributed by atoms with Crippen molar-refractivity contribution < 1.29 is 5.11 Å². The van der Waals surface area contributed by atoms with Crippen molar-refractivity contribution in [1.82, 2.24) is 4.90 Å². The number of thiophene rings is 1. The lowest BCUT2D eigenvalue weighted by Crippen LogP contribution is -2.23. The topological polar surface area (TPSA) is 23.5 Å². The molecule has 14 heavy (non-hydrogen) atoms. The van der Waals surface area contributed by atoms with Crippen molar-refractivity contribution in [2.24, 2.45) is 0 Å². The number of aryl methyl sites for hydroxylation is 1. The van der Waals surface area contributed by atoms with E-state index in [4.69, 9.17) is 5.11 Å². The van der Waals surface area contributed by atoms with E-state index < -0.39 is 0 Å². The molecule has 0 spiro atoms. The third-order valence-electron chi connectivity index (χ3n) is 2.39. The van der Waals surface area contributed by atoms with Gasteiger partial charge in [0.25, 0.3) is 0 Å². The summed E-state index contributed by atoms with van der Waals surface area (Å²) in [5.41, 5.74) is 1.41. The van der Waals surface area contributed by atoms with Crippen LogP contribution in [0.15, 0.2) is 11.4 Å². The van der Waals surface area contributed by atoms with Crippen LogP contribution in [-0.4, -0.2) is 36.8 Å². The molecule has 2 nitrogen and oxygen atoms in total. The molecule has 1 heterocycles. The van der Waals surface area contributed by atoms with Crippen molar-refractivity contribution in [2.45, 2.75) is 19.8 Å². The summed E-state index contributed by atoms with van der Waals surface area (Å²) < 4.78 is 0. The summed E-state index contributed by atoms with van der Waals surface area (Å²) in [6.07, 6.45) is 2.01. The summed E-state index contributed by atoms with van der Waals surface area (Å²) in [6.45, 7) is 4.53. The summed E-state index contributed by atoms with van der Waals surface area (Å²) in [5, 5.41) is 10.8. The highest BCUT2D eigenvalue weighted by Gasteiger charge is 2.02. The molecule has 0 saturated heterocycles. The van der Waals surface area contributed by atoms with Crippen molar-refractivity contribution in [1.29, 1.82) is 0 Å². The Morgan fingerprint density at radius 2 is 2.21 bits per heavy atom. The molecule has 1 N–H and O–H groups in total. The van der Waals surface area contributed by atoms with Gasteiger partial charge in [-0.3, -0.25) is 0 Å². The maximum Gasteiger partial charge on any atom is 0.0443 e. The largest absolute Gasteiger partial charge is 0.396 e. The van der Waals surface area contributed by atoms with E-state index in [9.17, 15) is 0 Å². The molecule has 1 aromatic rings. The Balaban J connectivity index is 2.23. The van der Waals surface area contributed by atoms with Crippen LogP contribution in [0.2, 0.25) is 0 Å². The normalized spacial score (nSPS) is 11.1. The molecule has 0 aliphatic heterocycles. The molecular formula is C11H19NOS. The molecule has 3 heteroatoms. The Bertz CT molecular complexity index is 260. The molecule has 0 radical (unpaired) electrons. The van der Waals surface area contributed by atoms with Crippen LogP contribution in [-0.2, 0) is 6.42 Å². The molecule has 0 aromatic carbocycles. The van der Waals surface area contributed by atoms with Gasteiger partial charge in [-0.2, -0.15) is 0 Å². The van der Waals surface area contributed by atoms with Gasteiger partial charge in [-0.1, -0.05) is 0 Å². The second kappa shape index (κ2) is 6.17. The van der Waals surface area contributed by atoms with Crippen LogP contribution in [0.5, 0.6) is 0 Å². The summed E-state index contributed by atoms with van der Waals surface area (Å²) in [4.78, 5) is 3.76. The first-order chi connectivity index (χ1) is 6.74. The number of likely N-dealkylation sites (N-methyl/N-ethyl adjacent to an activating group) is 1. The maximum absolute atomic E-state index is 8.69. The van der Waals surface area contributed by atoms with Crippen LogP contribution in [0.4, 0.5) is 0 Å². The van der Waals surface area contributed by atoms with Gasteiger partial charge in [-0.25, -0.2) is 0 Å².